The quantitative estimate of drug-likeness (QED) is 0.697. The maximum absolute atomic E-state index is 13.2. The van der Waals surface area contributed by atoms with E-state index in [1.165, 1.54) is 0 Å². The molecule has 0 bridgehead atoms. The first-order chi connectivity index (χ1) is 9.15. The van der Waals surface area contributed by atoms with Crippen LogP contribution in [-0.2, 0) is 10.0 Å². The van der Waals surface area contributed by atoms with Gasteiger partial charge in [0.1, 0.15) is 10.7 Å². The van der Waals surface area contributed by atoms with Crippen LogP contribution in [0.3, 0.4) is 0 Å². The Morgan fingerprint density at radius 1 is 1.40 bits per heavy atom. The number of hydrogen-bond donors (Lipinski definition) is 3. The van der Waals surface area contributed by atoms with Gasteiger partial charge in [-0.1, -0.05) is 25.4 Å². The summed E-state index contributed by atoms with van der Waals surface area (Å²) in [4.78, 5) is -0.312. The molecule has 0 unspecified atom stereocenters. The van der Waals surface area contributed by atoms with Crippen molar-refractivity contribution in [2.75, 3.05) is 12.3 Å². The molecule has 0 aromatic heterocycles. The topological polar surface area (TPSA) is 92.4 Å². The molecule has 0 aliphatic carbocycles. The van der Waals surface area contributed by atoms with Gasteiger partial charge in [0.25, 0.3) is 0 Å². The van der Waals surface area contributed by atoms with Crippen LogP contribution < -0.4 is 10.5 Å². The molecule has 1 rings (SSSR count). The number of sulfonamides is 1. The van der Waals surface area contributed by atoms with E-state index in [0.717, 1.165) is 12.1 Å². The number of rotatable bonds is 6. The largest absolute Gasteiger partial charge is 0.396 e. The summed E-state index contributed by atoms with van der Waals surface area (Å²) in [6, 6.07) is 1.80. The summed E-state index contributed by atoms with van der Waals surface area (Å²) >= 11 is 5.73. The molecule has 5 nitrogen and oxygen atoms in total. The van der Waals surface area contributed by atoms with E-state index in [4.69, 9.17) is 17.3 Å². The van der Waals surface area contributed by atoms with Gasteiger partial charge in [-0.3, -0.25) is 0 Å². The lowest BCUT2D eigenvalue weighted by atomic mass is 9.98. The molecule has 20 heavy (non-hydrogen) atoms. The average molecular weight is 325 g/mol. The summed E-state index contributed by atoms with van der Waals surface area (Å²) in [5.74, 6) is -0.785. The van der Waals surface area contributed by atoms with Crippen molar-refractivity contribution in [2.45, 2.75) is 37.2 Å². The molecule has 0 fully saturated rings. The smallest absolute Gasteiger partial charge is 0.242 e. The van der Waals surface area contributed by atoms with Crippen molar-refractivity contribution in [3.63, 3.8) is 0 Å². The second kappa shape index (κ2) is 6.26. The minimum Gasteiger partial charge on any atom is -0.396 e. The van der Waals surface area contributed by atoms with Gasteiger partial charge in [0.15, 0.2) is 0 Å². The van der Waals surface area contributed by atoms with Gasteiger partial charge < -0.3 is 10.8 Å². The van der Waals surface area contributed by atoms with Gasteiger partial charge in [-0.2, -0.15) is 0 Å². The Morgan fingerprint density at radius 3 is 2.45 bits per heavy atom. The summed E-state index contributed by atoms with van der Waals surface area (Å²) in [6.07, 6.45) is 0.788. The first-order valence-corrected chi connectivity index (χ1v) is 7.98. The molecule has 0 amide bonds. The Hall–Kier alpha value is -0.890. The maximum atomic E-state index is 13.2. The summed E-state index contributed by atoms with van der Waals surface area (Å²) in [7, 11) is -3.97. The predicted molar refractivity (Wildman–Crippen MR) is 76.5 cm³/mol. The van der Waals surface area contributed by atoms with Crippen LogP contribution in [0.15, 0.2) is 17.0 Å². The van der Waals surface area contributed by atoms with Crippen LogP contribution in [0.4, 0.5) is 10.1 Å². The van der Waals surface area contributed by atoms with Crippen molar-refractivity contribution in [1.29, 1.82) is 0 Å². The van der Waals surface area contributed by atoms with Gasteiger partial charge in [-0.25, -0.2) is 17.5 Å². The number of anilines is 1. The Bertz CT molecular complexity index is 589. The third kappa shape index (κ3) is 3.82. The second-order valence-corrected chi connectivity index (χ2v) is 6.70. The number of hydrogen-bond acceptors (Lipinski definition) is 4. The molecule has 4 N–H and O–H groups in total. The highest BCUT2D eigenvalue weighted by Crippen LogP contribution is 2.26. The lowest BCUT2D eigenvalue weighted by molar-refractivity contribution is 0.0377. The van der Waals surface area contributed by atoms with E-state index in [2.05, 4.69) is 4.72 Å². The van der Waals surface area contributed by atoms with Crippen molar-refractivity contribution in [2.24, 2.45) is 0 Å². The highest BCUT2D eigenvalue weighted by Gasteiger charge is 2.27. The van der Waals surface area contributed by atoms with Crippen LogP contribution in [0.25, 0.3) is 0 Å². The molecular formula is C12H18ClFN2O3S. The molecule has 0 heterocycles. The number of nitrogens with one attached hydrogen (secondary N) is 1. The number of nitrogen functional groups attached to an aromatic ring is 1. The SMILES string of the molecule is CCC(O)(CC)CNS(=O)(=O)c1cc(N)c(F)cc1Cl. The first kappa shape index (κ1) is 17.2. The van der Waals surface area contributed by atoms with Crippen LogP contribution in [0.5, 0.6) is 0 Å². The van der Waals surface area contributed by atoms with E-state index in [1.807, 2.05) is 0 Å². The van der Waals surface area contributed by atoms with Crippen LogP contribution in [0.1, 0.15) is 26.7 Å². The fourth-order valence-electron chi connectivity index (χ4n) is 1.56. The van der Waals surface area contributed by atoms with E-state index < -0.39 is 21.4 Å². The molecule has 0 saturated carbocycles. The zero-order valence-corrected chi connectivity index (χ0v) is 12.9. The van der Waals surface area contributed by atoms with E-state index in [1.54, 1.807) is 13.8 Å². The fourth-order valence-corrected chi connectivity index (χ4v) is 3.22. The molecule has 1 aromatic rings. The fraction of sp³-hybridized carbons (Fsp3) is 0.500. The predicted octanol–water partition coefficient (Wildman–Crippen LogP) is 1.89. The Balaban J connectivity index is 3.04. The lowest BCUT2D eigenvalue weighted by Crippen LogP contribution is -2.42. The highest BCUT2D eigenvalue weighted by atomic mass is 35.5. The molecule has 0 spiro atoms. The monoisotopic (exact) mass is 324 g/mol. The lowest BCUT2D eigenvalue weighted by Gasteiger charge is -2.25. The van der Waals surface area contributed by atoms with Crippen molar-refractivity contribution >= 4 is 27.3 Å². The zero-order valence-electron chi connectivity index (χ0n) is 11.3. The van der Waals surface area contributed by atoms with Crippen LogP contribution in [-0.4, -0.2) is 25.7 Å². The van der Waals surface area contributed by atoms with Crippen LogP contribution >= 0.6 is 11.6 Å². The third-order valence-corrected chi connectivity index (χ3v) is 5.11. The average Bonchev–Trinajstić information content (AvgIpc) is 2.40. The van der Waals surface area contributed by atoms with Crippen molar-refractivity contribution in [1.82, 2.24) is 4.72 Å². The summed E-state index contributed by atoms with van der Waals surface area (Å²) in [5, 5.41) is 9.80. The number of nitrogens with two attached hydrogens (primary N) is 1. The molecule has 0 aliphatic rings. The Labute approximate surface area is 123 Å². The van der Waals surface area contributed by atoms with E-state index in [9.17, 15) is 17.9 Å². The molecule has 1 aromatic carbocycles. The van der Waals surface area contributed by atoms with Crippen molar-refractivity contribution in [3.8, 4) is 0 Å². The highest BCUT2D eigenvalue weighted by molar-refractivity contribution is 7.89. The molecule has 114 valence electrons. The van der Waals surface area contributed by atoms with Crippen LogP contribution in [0.2, 0.25) is 5.02 Å². The summed E-state index contributed by atoms with van der Waals surface area (Å²) in [5.41, 5.74) is 3.90. The molecular weight excluding hydrogens is 307 g/mol. The number of halogens is 2. The Morgan fingerprint density at radius 2 is 1.95 bits per heavy atom. The maximum Gasteiger partial charge on any atom is 0.242 e. The second-order valence-electron chi connectivity index (χ2n) is 4.56. The number of benzene rings is 1. The molecule has 0 aliphatic heterocycles. The van der Waals surface area contributed by atoms with Crippen LogP contribution in [0, 0.1) is 5.82 Å². The van der Waals surface area contributed by atoms with Crippen molar-refractivity contribution < 1.29 is 17.9 Å². The minimum absolute atomic E-state index is 0.157. The molecule has 8 heteroatoms. The van der Waals surface area contributed by atoms with Gasteiger partial charge in [0.2, 0.25) is 10.0 Å². The van der Waals surface area contributed by atoms with E-state index in [0.29, 0.717) is 12.8 Å². The van der Waals surface area contributed by atoms with E-state index in [-0.39, 0.29) is 22.2 Å². The van der Waals surface area contributed by atoms with Gasteiger partial charge in [-0.15, -0.1) is 0 Å². The number of aliphatic hydroxyl groups is 1. The first-order valence-electron chi connectivity index (χ1n) is 6.11. The summed E-state index contributed by atoms with van der Waals surface area (Å²) < 4.78 is 39.7. The van der Waals surface area contributed by atoms with Gasteiger partial charge in [-0.05, 0) is 25.0 Å². The minimum atomic E-state index is -3.97. The van der Waals surface area contributed by atoms with Gasteiger partial charge in [0.05, 0.1) is 16.3 Å². The molecule has 0 atom stereocenters. The van der Waals surface area contributed by atoms with Crippen molar-refractivity contribution in [3.05, 3.63) is 23.0 Å². The van der Waals surface area contributed by atoms with Gasteiger partial charge >= 0.3 is 0 Å². The molecule has 0 saturated heterocycles. The standard InChI is InChI=1S/C12H18ClFN2O3S/c1-3-12(17,4-2)7-16-20(18,19)11-6-10(15)9(14)5-8(11)13/h5-6,16-17H,3-4,7,15H2,1-2H3. The van der Waals surface area contributed by atoms with Gasteiger partial charge in [0, 0.05) is 6.54 Å². The Kier molecular flexibility index (Phi) is 5.37. The molecule has 0 radical (unpaired) electrons. The third-order valence-electron chi connectivity index (χ3n) is 3.25. The van der Waals surface area contributed by atoms with E-state index >= 15 is 0 Å². The zero-order chi connectivity index (χ0) is 15.6. The summed E-state index contributed by atoms with van der Waals surface area (Å²) in [6.45, 7) is 3.34. The normalized spacial score (nSPS) is 12.7.